The fraction of sp³-hybridized carbons (Fsp3) is 0.222. The van der Waals surface area contributed by atoms with Crippen molar-refractivity contribution in [1.29, 1.82) is 0 Å². The van der Waals surface area contributed by atoms with Gasteiger partial charge in [-0.2, -0.15) is 0 Å². The molecule has 0 bridgehead atoms. The monoisotopic (exact) mass is 256 g/mol. The highest BCUT2D eigenvalue weighted by atomic mass is 32.2. The molecule has 0 spiro atoms. The van der Waals surface area contributed by atoms with Crippen LogP contribution < -0.4 is 5.43 Å². The van der Waals surface area contributed by atoms with Crippen LogP contribution in [0.3, 0.4) is 0 Å². The first kappa shape index (κ1) is 11.2. The normalized spacial score (nSPS) is 15.7. The maximum absolute atomic E-state index is 11.7. The van der Waals surface area contributed by atoms with E-state index in [1.165, 1.54) is 18.0 Å². The molecule has 1 fully saturated rings. The van der Waals surface area contributed by atoms with E-state index >= 15 is 0 Å². The Labute approximate surface area is 101 Å². The number of carbonyl (C=O) groups is 2. The first-order chi connectivity index (χ1) is 7.59. The first-order valence-corrected chi connectivity index (χ1v) is 5.84. The highest BCUT2D eigenvalue weighted by Crippen LogP contribution is 2.17. The van der Waals surface area contributed by atoms with Crippen LogP contribution in [0.2, 0.25) is 0 Å². The Kier molecular flexibility index (Phi) is 2.97. The lowest BCUT2D eigenvalue weighted by molar-refractivity contribution is -0.125. The standard InChI is InChI=1S/C9H8N2O3S2/c1-5-6(2-3-14-5)8(13)10-11-7(12)4-16-9(11)15/h2-3H,4H2,1H3,(H,10,13). The number of nitrogens with zero attached hydrogens (tertiary/aromatic N) is 1. The van der Waals surface area contributed by atoms with Gasteiger partial charge in [-0.05, 0) is 13.0 Å². The molecule has 1 N–H and O–H groups in total. The largest absolute Gasteiger partial charge is 0.469 e. The van der Waals surface area contributed by atoms with Crippen molar-refractivity contribution in [3.63, 3.8) is 0 Å². The molecule has 0 aliphatic carbocycles. The van der Waals surface area contributed by atoms with Gasteiger partial charge in [-0.25, -0.2) is 5.01 Å². The topological polar surface area (TPSA) is 62.6 Å². The average molecular weight is 256 g/mol. The van der Waals surface area contributed by atoms with E-state index < -0.39 is 5.91 Å². The zero-order valence-electron chi connectivity index (χ0n) is 8.35. The Hall–Kier alpha value is -1.34. The van der Waals surface area contributed by atoms with E-state index in [4.69, 9.17) is 16.6 Å². The molecule has 1 saturated heterocycles. The Bertz CT molecular complexity index is 453. The summed E-state index contributed by atoms with van der Waals surface area (Å²) in [5, 5.41) is 1.09. The highest BCUT2D eigenvalue weighted by Gasteiger charge is 2.29. The summed E-state index contributed by atoms with van der Waals surface area (Å²) >= 11 is 6.15. The quantitative estimate of drug-likeness (QED) is 0.803. The number of thiocarbonyl (C=S) groups is 1. The average Bonchev–Trinajstić information content (AvgIpc) is 2.79. The number of carbonyl (C=O) groups excluding carboxylic acids is 2. The minimum absolute atomic E-state index is 0.218. The summed E-state index contributed by atoms with van der Waals surface area (Å²) in [6, 6.07) is 1.54. The molecule has 0 atom stereocenters. The van der Waals surface area contributed by atoms with Gasteiger partial charge < -0.3 is 4.42 Å². The molecule has 5 nitrogen and oxygen atoms in total. The third-order valence-corrected chi connectivity index (χ3v) is 3.42. The van der Waals surface area contributed by atoms with Gasteiger partial charge in [0.05, 0.1) is 17.6 Å². The molecule has 16 heavy (non-hydrogen) atoms. The van der Waals surface area contributed by atoms with E-state index in [1.54, 1.807) is 13.0 Å². The van der Waals surface area contributed by atoms with Crippen molar-refractivity contribution in [2.45, 2.75) is 6.92 Å². The summed E-state index contributed by atoms with van der Waals surface area (Å²) in [4.78, 5) is 23.1. The molecule has 1 aliphatic rings. The second-order valence-corrected chi connectivity index (χ2v) is 4.72. The van der Waals surface area contributed by atoms with Gasteiger partial charge in [0, 0.05) is 0 Å². The van der Waals surface area contributed by atoms with Gasteiger partial charge in [0.15, 0.2) is 4.32 Å². The van der Waals surface area contributed by atoms with Crippen LogP contribution in [0, 0.1) is 6.92 Å². The van der Waals surface area contributed by atoms with Gasteiger partial charge >= 0.3 is 0 Å². The molecule has 1 aromatic rings. The molecule has 84 valence electrons. The number of hydrogen-bond acceptors (Lipinski definition) is 5. The molecule has 0 radical (unpaired) electrons. The van der Waals surface area contributed by atoms with Crippen molar-refractivity contribution >= 4 is 40.1 Å². The van der Waals surface area contributed by atoms with E-state index in [2.05, 4.69) is 5.43 Å². The molecule has 2 amide bonds. The van der Waals surface area contributed by atoms with Crippen LogP contribution in [0.25, 0.3) is 0 Å². The van der Waals surface area contributed by atoms with Crippen molar-refractivity contribution in [3.8, 4) is 0 Å². The third kappa shape index (κ3) is 1.96. The number of hydrazine groups is 1. The van der Waals surface area contributed by atoms with E-state index in [-0.39, 0.29) is 11.7 Å². The summed E-state index contributed by atoms with van der Waals surface area (Å²) in [6.45, 7) is 1.67. The predicted octanol–water partition coefficient (Wildman–Crippen LogP) is 1.09. The predicted molar refractivity (Wildman–Crippen MR) is 62.8 cm³/mol. The van der Waals surface area contributed by atoms with Crippen molar-refractivity contribution in [2.24, 2.45) is 0 Å². The Morgan fingerprint density at radius 2 is 2.44 bits per heavy atom. The minimum atomic E-state index is -0.399. The number of furan rings is 1. The van der Waals surface area contributed by atoms with E-state index in [1.807, 2.05) is 0 Å². The van der Waals surface area contributed by atoms with Gasteiger partial charge in [-0.15, -0.1) is 0 Å². The van der Waals surface area contributed by atoms with E-state index in [9.17, 15) is 9.59 Å². The van der Waals surface area contributed by atoms with Gasteiger partial charge in [0.2, 0.25) is 0 Å². The smallest absolute Gasteiger partial charge is 0.273 e. The molecule has 0 saturated carbocycles. The number of amides is 2. The lowest BCUT2D eigenvalue weighted by Crippen LogP contribution is -2.45. The third-order valence-electron chi connectivity index (χ3n) is 2.07. The number of nitrogens with one attached hydrogen (secondary N) is 1. The molecule has 2 rings (SSSR count). The summed E-state index contributed by atoms with van der Waals surface area (Å²) in [5.41, 5.74) is 2.84. The van der Waals surface area contributed by atoms with Crippen LogP contribution in [0.15, 0.2) is 16.7 Å². The second-order valence-electron chi connectivity index (χ2n) is 3.12. The summed E-state index contributed by atoms with van der Waals surface area (Å²) in [5.74, 6) is 0.153. The molecule has 1 aliphatic heterocycles. The lowest BCUT2D eigenvalue weighted by atomic mass is 10.2. The molecule has 2 heterocycles. The number of aryl methyl sites for hydroxylation is 1. The minimum Gasteiger partial charge on any atom is -0.469 e. The van der Waals surface area contributed by atoms with Crippen LogP contribution >= 0.6 is 24.0 Å². The van der Waals surface area contributed by atoms with Crippen molar-refractivity contribution in [3.05, 3.63) is 23.7 Å². The van der Waals surface area contributed by atoms with Crippen LogP contribution in [0.1, 0.15) is 16.1 Å². The van der Waals surface area contributed by atoms with Gasteiger partial charge in [0.1, 0.15) is 5.76 Å². The summed E-state index contributed by atoms with van der Waals surface area (Å²) < 4.78 is 5.36. The Balaban J connectivity index is 2.11. The van der Waals surface area contributed by atoms with E-state index in [0.717, 1.165) is 5.01 Å². The van der Waals surface area contributed by atoms with Crippen LogP contribution in [0.4, 0.5) is 0 Å². The maximum Gasteiger partial charge on any atom is 0.273 e. The lowest BCUT2D eigenvalue weighted by Gasteiger charge is -2.15. The molecular weight excluding hydrogens is 248 g/mol. The number of hydrogen-bond donors (Lipinski definition) is 1. The number of rotatable bonds is 2. The van der Waals surface area contributed by atoms with Gasteiger partial charge in [0.25, 0.3) is 11.8 Å². The second kappa shape index (κ2) is 4.26. The molecule has 0 aromatic carbocycles. The van der Waals surface area contributed by atoms with Crippen LogP contribution in [-0.4, -0.2) is 26.9 Å². The summed E-state index contributed by atoms with van der Waals surface area (Å²) in [6.07, 6.45) is 1.42. The molecule has 7 heteroatoms. The summed E-state index contributed by atoms with van der Waals surface area (Å²) in [7, 11) is 0. The zero-order chi connectivity index (χ0) is 11.7. The zero-order valence-corrected chi connectivity index (χ0v) is 9.98. The molecule has 0 unspecified atom stereocenters. The van der Waals surface area contributed by atoms with Crippen LogP contribution in [-0.2, 0) is 4.79 Å². The van der Waals surface area contributed by atoms with E-state index in [0.29, 0.717) is 15.6 Å². The fourth-order valence-electron chi connectivity index (χ4n) is 1.24. The van der Waals surface area contributed by atoms with Crippen molar-refractivity contribution in [2.75, 3.05) is 5.75 Å². The van der Waals surface area contributed by atoms with Crippen LogP contribution in [0.5, 0.6) is 0 Å². The Morgan fingerprint density at radius 1 is 1.69 bits per heavy atom. The first-order valence-electron chi connectivity index (χ1n) is 4.44. The maximum atomic E-state index is 11.7. The fourth-order valence-corrected chi connectivity index (χ4v) is 2.22. The van der Waals surface area contributed by atoms with Gasteiger partial charge in [-0.1, -0.05) is 24.0 Å². The number of thioether (sulfide) groups is 1. The van der Waals surface area contributed by atoms with Gasteiger partial charge in [-0.3, -0.25) is 15.0 Å². The highest BCUT2D eigenvalue weighted by molar-refractivity contribution is 8.23. The molecule has 1 aromatic heterocycles. The molecular formula is C9H8N2O3S2. The Morgan fingerprint density at radius 3 is 2.94 bits per heavy atom. The van der Waals surface area contributed by atoms with Crippen molar-refractivity contribution < 1.29 is 14.0 Å². The SMILES string of the molecule is Cc1occc1C(=O)NN1C(=O)CSC1=S. The van der Waals surface area contributed by atoms with Crippen molar-refractivity contribution in [1.82, 2.24) is 10.4 Å².